The van der Waals surface area contributed by atoms with Crippen LogP contribution < -0.4 is 28.5 Å². The molecule has 0 saturated heterocycles. The predicted molar refractivity (Wildman–Crippen MR) is 147 cm³/mol. The third kappa shape index (κ3) is 22.5. The van der Waals surface area contributed by atoms with Crippen LogP contribution in [0.1, 0.15) is 54.4 Å². The second-order valence-corrected chi connectivity index (χ2v) is 11.6. The summed E-state index contributed by atoms with van der Waals surface area (Å²) in [6, 6.07) is 0. The molecule has 0 aliphatic rings. The van der Waals surface area contributed by atoms with Gasteiger partial charge in [0.1, 0.15) is 6.73 Å². The SMILES string of the molecule is CC(C)(C)N=CC(CN(C/C(N)=C/NC(C)(C)C)C/C(N)=C/N(N)COCCCCOS(=O)(=O)O)=NN. The van der Waals surface area contributed by atoms with Gasteiger partial charge in [-0.3, -0.25) is 19.5 Å². The van der Waals surface area contributed by atoms with Gasteiger partial charge in [0.05, 0.1) is 17.9 Å². The van der Waals surface area contributed by atoms with Crippen molar-refractivity contribution in [3.8, 4) is 0 Å². The highest BCUT2D eigenvalue weighted by atomic mass is 32.3. The number of nitrogens with one attached hydrogen (secondary N) is 1. The van der Waals surface area contributed by atoms with Crippen LogP contribution in [-0.4, -0.2) is 85.5 Å². The van der Waals surface area contributed by atoms with Gasteiger partial charge in [0.25, 0.3) is 0 Å². The number of rotatable bonds is 17. The third-order valence-electron chi connectivity index (χ3n) is 4.14. The monoisotopic (exact) mass is 549 g/mol. The number of hydrazone groups is 1. The fraction of sp³-hybridized carbons (Fsp3) is 0.727. The van der Waals surface area contributed by atoms with Gasteiger partial charge in [0.15, 0.2) is 0 Å². The maximum Gasteiger partial charge on any atom is 0.397 e. The summed E-state index contributed by atoms with van der Waals surface area (Å²) in [5, 5.41) is 8.39. The zero-order chi connectivity index (χ0) is 28.7. The van der Waals surface area contributed by atoms with Crippen molar-refractivity contribution in [3.05, 3.63) is 23.8 Å². The number of nitrogens with two attached hydrogens (primary N) is 4. The predicted octanol–water partition coefficient (Wildman–Crippen LogP) is 0.210. The molecular formula is C22H47N9O5S. The van der Waals surface area contributed by atoms with Crippen molar-refractivity contribution in [2.45, 2.75) is 65.5 Å². The zero-order valence-corrected chi connectivity index (χ0v) is 23.8. The summed E-state index contributed by atoms with van der Waals surface area (Å²) < 4.78 is 39.2. The van der Waals surface area contributed by atoms with E-state index in [1.807, 2.05) is 46.4 Å². The number of ether oxygens (including phenoxy) is 1. The summed E-state index contributed by atoms with van der Waals surface area (Å²) in [6.45, 7) is 13.3. The average Bonchev–Trinajstić information content (AvgIpc) is 2.72. The Labute approximate surface area is 221 Å². The van der Waals surface area contributed by atoms with Crippen LogP contribution in [0.25, 0.3) is 0 Å². The molecule has 0 radical (unpaired) electrons. The number of hydrazine groups is 1. The lowest BCUT2D eigenvalue weighted by Crippen LogP contribution is -2.39. The van der Waals surface area contributed by atoms with Gasteiger partial charge in [-0.25, -0.2) is 10.0 Å². The average molecular weight is 550 g/mol. The number of hydrogen-bond acceptors (Lipinski definition) is 13. The van der Waals surface area contributed by atoms with Gasteiger partial charge in [-0.05, 0) is 54.4 Å². The first kappa shape index (κ1) is 34.6. The fourth-order valence-electron chi connectivity index (χ4n) is 2.58. The molecule has 15 heteroatoms. The van der Waals surface area contributed by atoms with Gasteiger partial charge in [-0.15, -0.1) is 0 Å². The molecule has 0 aromatic carbocycles. The molecule has 14 nitrogen and oxygen atoms in total. The molecule has 216 valence electrons. The Balaban J connectivity index is 5.07. The van der Waals surface area contributed by atoms with Crippen LogP contribution in [0.4, 0.5) is 0 Å². The van der Waals surface area contributed by atoms with E-state index < -0.39 is 10.4 Å². The number of nitrogens with zero attached hydrogens (tertiary/aromatic N) is 4. The van der Waals surface area contributed by atoms with E-state index in [1.54, 1.807) is 18.6 Å². The van der Waals surface area contributed by atoms with E-state index in [0.717, 1.165) is 0 Å². The first-order valence-corrected chi connectivity index (χ1v) is 13.2. The molecule has 0 spiro atoms. The molecule has 0 aromatic heterocycles. The van der Waals surface area contributed by atoms with Gasteiger partial charge in [0.2, 0.25) is 0 Å². The molecule has 0 atom stereocenters. The summed E-state index contributed by atoms with van der Waals surface area (Å²) in [7, 11) is -4.42. The van der Waals surface area contributed by atoms with Gasteiger partial charge in [-0.2, -0.15) is 13.5 Å². The Hall–Kier alpha value is -2.43. The lowest BCUT2D eigenvalue weighted by Gasteiger charge is -2.25. The Morgan fingerprint density at radius 2 is 1.62 bits per heavy atom. The zero-order valence-electron chi connectivity index (χ0n) is 23.0. The molecular weight excluding hydrogens is 502 g/mol. The van der Waals surface area contributed by atoms with E-state index in [-0.39, 0.29) is 24.4 Å². The van der Waals surface area contributed by atoms with Crippen LogP contribution in [0.15, 0.2) is 33.9 Å². The van der Waals surface area contributed by atoms with Crippen molar-refractivity contribution >= 4 is 22.3 Å². The summed E-state index contributed by atoms with van der Waals surface area (Å²) in [4.78, 5) is 6.42. The third-order valence-corrected chi connectivity index (χ3v) is 4.61. The minimum atomic E-state index is -4.42. The summed E-state index contributed by atoms with van der Waals surface area (Å²) >= 11 is 0. The summed E-state index contributed by atoms with van der Waals surface area (Å²) in [5.41, 5.74) is 13.7. The molecule has 0 bridgehead atoms. The first-order valence-electron chi connectivity index (χ1n) is 11.8. The van der Waals surface area contributed by atoms with E-state index in [4.69, 9.17) is 32.4 Å². The largest absolute Gasteiger partial charge is 0.400 e. The molecule has 0 unspecified atom stereocenters. The van der Waals surface area contributed by atoms with Gasteiger partial charge < -0.3 is 27.4 Å². The number of aliphatic imine (C=N–C) groups is 1. The maximum absolute atomic E-state index is 10.5. The van der Waals surface area contributed by atoms with Crippen molar-refractivity contribution in [2.75, 3.05) is 39.6 Å². The van der Waals surface area contributed by atoms with Crippen molar-refractivity contribution in [2.24, 2.45) is 33.2 Å². The highest BCUT2D eigenvalue weighted by Crippen LogP contribution is 2.06. The molecule has 0 aromatic rings. The molecule has 10 N–H and O–H groups in total. The van der Waals surface area contributed by atoms with Crippen LogP contribution in [-0.2, 0) is 19.3 Å². The van der Waals surface area contributed by atoms with Crippen molar-refractivity contribution in [1.82, 2.24) is 15.2 Å². The molecule has 0 heterocycles. The lowest BCUT2D eigenvalue weighted by atomic mass is 10.1. The number of unbranched alkanes of at least 4 members (excludes halogenated alkanes) is 1. The molecule has 0 aliphatic carbocycles. The van der Waals surface area contributed by atoms with Crippen LogP contribution in [0.5, 0.6) is 0 Å². The Morgan fingerprint density at radius 1 is 1.03 bits per heavy atom. The van der Waals surface area contributed by atoms with Crippen LogP contribution in [0.2, 0.25) is 0 Å². The quantitative estimate of drug-likeness (QED) is 0.0358. The maximum atomic E-state index is 10.5. The topological polar surface area (TPSA) is 220 Å². The van der Waals surface area contributed by atoms with Gasteiger partial charge in [0, 0.05) is 61.8 Å². The van der Waals surface area contributed by atoms with Crippen molar-refractivity contribution < 1.29 is 21.9 Å². The minimum Gasteiger partial charge on any atom is -0.400 e. The first-order chi connectivity index (χ1) is 16.9. The van der Waals surface area contributed by atoms with Crippen LogP contribution in [0.3, 0.4) is 0 Å². The van der Waals surface area contributed by atoms with Crippen LogP contribution in [0, 0.1) is 0 Å². The van der Waals surface area contributed by atoms with Gasteiger partial charge >= 0.3 is 10.4 Å². The fourth-order valence-corrected chi connectivity index (χ4v) is 2.91. The Kier molecular flexibility index (Phi) is 15.3. The highest BCUT2D eigenvalue weighted by molar-refractivity contribution is 7.80. The number of hydrogen-bond donors (Lipinski definition) is 6. The second-order valence-electron chi connectivity index (χ2n) is 10.5. The Morgan fingerprint density at radius 3 is 2.16 bits per heavy atom. The van der Waals surface area contributed by atoms with E-state index >= 15 is 0 Å². The molecule has 0 amide bonds. The molecule has 0 fully saturated rings. The summed E-state index contributed by atoms with van der Waals surface area (Å²) in [5.74, 6) is 11.6. The highest BCUT2D eigenvalue weighted by Gasteiger charge is 2.14. The Bertz CT molecular complexity index is 891. The molecule has 0 rings (SSSR count). The standard InChI is InChI=1S/C22H47N9O5S/c1-21(2,3)27-11-18(23)13-30(16-20(29-25)12-28-22(4,5)6)14-19(24)15-31(26)17-35-9-7-8-10-36-37(32,33)34/h11-12,15,27H,7-10,13-14,16-17,23-26H2,1-6H3,(H,32,33,34)/b18-11-,19-15-,28-12?,29-20?. The van der Waals surface area contributed by atoms with E-state index in [0.29, 0.717) is 56.2 Å². The smallest absolute Gasteiger partial charge is 0.397 e. The van der Waals surface area contributed by atoms with Gasteiger partial charge in [-0.1, -0.05) is 0 Å². The van der Waals surface area contributed by atoms with E-state index in [9.17, 15) is 8.42 Å². The van der Waals surface area contributed by atoms with E-state index in [2.05, 4.69) is 19.6 Å². The van der Waals surface area contributed by atoms with Crippen molar-refractivity contribution in [1.29, 1.82) is 0 Å². The molecule has 0 aliphatic heterocycles. The van der Waals surface area contributed by atoms with Crippen molar-refractivity contribution in [3.63, 3.8) is 0 Å². The summed E-state index contributed by atoms with van der Waals surface area (Å²) in [6.07, 6.45) is 5.86. The minimum absolute atomic E-state index is 0.0607. The second kappa shape index (κ2) is 16.4. The van der Waals surface area contributed by atoms with E-state index in [1.165, 1.54) is 5.01 Å². The molecule has 0 saturated carbocycles. The van der Waals surface area contributed by atoms with Crippen LogP contribution >= 0.6 is 0 Å². The normalized spacial score (nSPS) is 14.6. The molecule has 37 heavy (non-hydrogen) atoms. The lowest BCUT2D eigenvalue weighted by molar-refractivity contribution is 0.0496.